The minimum Gasteiger partial charge on any atom is -0.507 e. The second-order valence-corrected chi connectivity index (χ2v) is 5.94. The summed E-state index contributed by atoms with van der Waals surface area (Å²) in [5.41, 5.74) is 2.60. The third-order valence-electron chi connectivity index (χ3n) is 4.53. The first-order chi connectivity index (χ1) is 11.8. The molecule has 5 aromatic rings. The summed E-state index contributed by atoms with van der Waals surface area (Å²) in [5, 5.41) is 15.0. The first-order valence-corrected chi connectivity index (χ1v) is 7.90. The largest absolute Gasteiger partial charge is 0.507 e. The molecule has 0 atom stereocenters. The van der Waals surface area contributed by atoms with Crippen LogP contribution in [0.15, 0.2) is 72.8 Å². The molecule has 0 aliphatic carbocycles. The Morgan fingerprint density at radius 2 is 1.50 bits per heavy atom. The van der Waals surface area contributed by atoms with Crippen LogP contribution in [0.2, 0.25) is 0 Å². The molecule has 1 heterocycles. The molecule has 0 spiro atoms. The number of hydrogen-bond acceptors (Lipinski definition) is 2. The number of imidazole rings is 1. The summed E-state index contributed by atoms with van der Waals surface area (Å²) in [6, 6.07) is 24.0. The van der Waals surface area contributed by atoms with E-state index < -0.39 is 0 Å². The Morgan fingerprint density at radius 1 is 0.708 bits per heavy atom. The first-order valence-electron chi connectivity index (χ1n) is 7.90. The molecule has 0 aliphatic heterocycles. The molecule has 0 unspecified atom stereocenters. The van der Waals surface area contributed by atoms with Gasteiger partial charge in [0.15, 0.2) is 0 Å². The van der Waals surface area contributed by atoms with Crippen LogP contribution in [0, 0.1) is 0 Å². The van der Waals surface area contributed by atoms with E-state index in [-0.39, 0.29) is 5.75 Å². The number of aromatic nitrogens is 2. The second kappa shape index (κ2) is 4.83. The minimum absolute atomic E-state index is 0.233. The quantitative estimate of drug-likeness (QED) is 0.416. The fourth-order valence-electron chi connectivity index (χ4n) is 3.40. The fraction of sp³-hybridized carbons (Fsp3) is 0. The maximum Gasteiger partial charge on any atom is 0.142 e. The van der Waals surface area contributed by atoms with E-state index in [4.69, 9.17) is 0 Å². The summed E-state index contributed by atoms with van der Waals surface area (Å²) in [6.07, 6.45) is 0. The Bertz CT molecular complexity index is 1190. The molecule has 114 valence electrons. The van der Waals surface area contributed by atoms with E-state index in [0.717, 1.165) is 27.4 Å². The van der Waals surface area contributed by atoms with Crippen molar-refractivity contribution in [3.05, 3.63) is 72.8 Å². The van der Waals surface area contributed by atoms with Crippen molar-refractivity contribution in [1.29, 1.82) is 0 Å². The molecule has 0 saturated carbocycles. The molecule has 3 nitrogen and oxygen atoms in total. The number of nitrogens with one attached hydrogen (secondary N) is 1. The number of aromatic hydroxyl groups is 1. The standard InChI is InChI=1S/C21H14N2O/c24-19-12-11-15-14-6-2-1-5-13(14)9-10-16(15)20(19)21-22-17-7-3-4-8-18(17)23-21/h1-12,24H,(H,22,23). The Labute approximate surface area is 138 Å². The molecule has 0 aliphatic rings. The monoisotopic (exact) mass is 310 g/mol. The van der Waals surface area contributed by atoms with Crippen molar-refractivity contribution in [2.24, 2.45) is 0 Å². The van der Waals surface area contributed by atoms with Gasteiger partial charge in [0.05, 0.1) is 16.6 Å². The highest BCUT2D eigenvalue weighted by molar-refractivity contribution is 6.12. The van der Waals surface area contributed by atoms with E-state index in [1.807, 2.05) is 42.5 Å². The van der Waals surface area contributed by atoms with Crippen LogP contribution in [0.25, 0.3) is 44.0 Å². The number of para-hydroxylation sites is 2. The average molecular weight is 310 g/mol. The van der Waals surface area contributed by atoms with Crippen LogP contribution in [-0.2, 0) is 0 Å². The predicted molar refractivity (Wildman–Crippen MR) is 98.2 cm³/mol. The normalized spacial score (nSPS) is 11.5. The molecular weight excluding hydrogens is 296 g/mol. The lowest BCUT2D eigenvalue weighted by Crippen LogP contribution is -1.86. The zero-order chi connectivity index (χ0) is 16.1. The summed E-state index contributed by atoms with van der Waals surface area (Å²) < 4.78 is 0. The van der Waals surface area contributed by atoms with Gasteiger partial charge in [-0.3, -0.25) is 0 Å². The molecule has 5 rings (SSSR count). The fourth-order valence-corrected chi connectivity index (χ4v) is 3.40. The molecule has 0 bridgehead atoms. The molecule has 0 saturated heterocycles. The molecule has 4 aromatic carbocycles. The van der Waals surface area contributed by atoms with Gasteiger partial charge >= 0.3 is 0 Å². The summed E-state index contributed by atoms with van der Waals surface area (Å²) in [5.74, 6) is 0.923. The van der Waals surface area contributed by atoms with Crippen LogP contribution in [0.3, 0.4) is 0 Å². The molecule has 2 N–H and O–H groups in total. The topological polar surface area (TPSA) is 48.9 Å². The predicted octanol–water partition coefficient (Wildman–Crippen LogP) is 5.24. The van der Waals surface area contributed by atoms with Crippen molar-refractivity contribution >= 4 is 32.6 Å². The number of rotatable bonds is 1. The maximum absolute atomic E-state index is 10.5. The van der Waals surface area contributed by atoms with Crippen molar-refractivity contribution in [3.63, 3.8) is 0 Å². The second-order valence-electron chi connectivity index (χ2n) is 5.94. The van der Waals surface area contributed by atoms with Gasteiger partial charge in [-0.05, 0) is 39.7 Å². The Kier molecular flexibility index (Phi) is 2.65. The number of aromatic amines is 1. The van der Waals surface area contributed by atoms with Crippen molar-refractivity contribution < 1.29 is 5.11 Å². The van der Waals surface area contributed by atoms with Gasteiger partial charge < -0.3 is 10.1 Å². The van der Waals surface area contributed by atoms with Gasteiger partial charge in [-0.15, -0.1) is 0 Å². The molecule has 24 heavy (non-hydrogen) atoms. The Hall–Kier alpha value is -3.33. The lowest BCUT2D eigenvalue weighted by molar-refractivity contribution is 0.478. The number of phenols is 1. The van der Waals surface area contributed by atoms with Crippen LogP contribution in [0.4, 0.5) is 0 Å². The number of nitrogens with zero attached hydrogens (tertiary/aromatic N) is 1. The molecule has 0 fully saturated rings. The van der Waals surface area contributed by atoms with Gasteiger partial charge in [-0.2, -0.15) is 0 Å². The maximum atomic E-state index is 10.5. The lowest BCUT2D eigenvalue weighted by Gasteiger charge is -2.09. The average Bonchev–Trinajstić information content (AvgIpc) is 3.04. The highest BCUT2D eigenvalue weighted by Crippen LogP contribution is 2.38. The molecule has 3 heteroatoms. The van der Waals surface area contributed by atoms with Crippen LogP contribution >= 0.6 is 0 Å². The van der Waals surface area contributed by atoms with Crippen LogP contribution in [-0.4, -0.2) is 15.1 Å². The highest BCUT2D eigenvalue weighted by atomic mass is 16.3. The van der Waals surface area contributed by atoms with Crippen molar-refractivity contribution in [2.45, 2.75) is 0 Å². The zero-order valence-electron chi connectivity index (χ0n) is 12.8. The number of hydrogen-bond donors (Lipinski definition) is 2. The molecule has 0 radical (unpaired) electrons. The molecular formula is C21H14N2O. The van der Waals surface area contributed by atoms with Crippen molar-refractivity contribution in [3.8, 4) is 17.1 Å². The van der Waals surface area contributed by atoms with Gasteiger partial charge in [0.1, 0.15) is 11.6 Å². The number of fused-ring (bicyclic) bond motifs is 4. The van der Waals surface area contributed by atoms with Crippen LogP contribution in [0.1, 0.15) is 0 Å². The summed E-state index contributed by atoms with van der Waals surface area (Å²) in [7, 11) is 0. The SMILES string of the molecule is Oc1ccc2c(ccc3ccccc32)c1-c1nc2ccccc2[nH]1. The van der Waals surface area contributed by atoms with Gasteiger partial charge in [0, 0.05) is 0 Å². The van der Waals surface area contributed by atoms with Crippen LogP contribution < -0.4 is 0 Å². The number of phenolic OH excluding ortho intramolecular Hbond substituents is 1. The van der Waals surface area contributed by atoms with Gasteiger partial charge in [0.25, 0.3) is 0 Å². The summed E-state index contributed by atoms with van der Waals surface area (Å²) in [4.78, 5) is 7.98. The lowest BCUT2D eigenvalue weighted by atomic mass is 9.97. The van der Waals surface area contributed by atoms with E-state index in [9.17, 15) is 5.11 Å². The van der Waals surface area contributed by atoms with Gasteiger partial charge in [-0.25, -0.2) is 4.98 Å². The third-order valence-corrected chi connectivity index (χ3v) is 4.53. The Balaban J connectivity index is 1.90. The molecule has 0 amide bonds. The van der Waals surface area contributed by atoms with E-state index in [1.54, 1.807) is 6.07 Å². The van der Waals surface area contributed by atoms with E-state index >= 15 is 0 Å². The van der Waals surface area contributed by atoms with Gasteiger partial charge in [0.2, 0.25) is 0 Å². The van der Waals surface area contributed by atoms with Gasteiger partial charge in [-0.1, -0.05) is 54.6 Å². The van der Waals surface area contributed by atoms with E-state index in [1.165, 1.54) is 10.8 Å². The van der Waals surface area contributed by atoms with Crippen LogP contribution in [0.5, 0.6) is 5.75 Å². The third kappa shape index (κ3) is 1.82. The van der Waals surface area contributed by atoms with E-state index in [2.05, 4.69) is 34.2 Å². The zero-order valence-corrected chi connectivity index (χ0v) is 12.8. The molecule has 1 aromatic heterocycles. The highest BCUT2D eigenvalue weighted by Gasteiger charge is 2.14. The smallest absolute Gasteiger partial charge is 0.142 e. The Morgan fingerprint density at radius 3 is 2.42 bits per heavy atom. The summed E-state index contributed by atoms with van der Waals surface area (Å²) >= 11 is 0. The summed E-state index contributed by atoms with van der Waals surface area (Å²) in [6.45, 7) is 0. The number of benzene rings is 4. The first kappa shape index (κ1) is 13.1. The van der Waals surface area contributed by atoms with Crippen molar-refractivity contribution in [1.82, 2.24) is 9.97 Å². The number of H-pyrrole nitrogens is 1. The van der Waals surface area contributed by atoms with E-state index in [0.29, 0.717) is 5.82 Å². The van der Waals surface area contributed by atoms with Crippen molar-refractivity contribution in [2.75, 3.05) is 0 Å². The minimum atomic E-state index is 0.233.